The molecule has 0 fully saturated rings. The van der Waals surface area contributed by atoms with Crippen molar-refractivity contribution in [3.63, 3.8) is 0 Å². The van der Waals surface area contributed by atoms with Crippen molar-refractivity contribution in [3.05, 3.63) is 162 Å². The number of rotatable bonds is 5. The SMILES string of the molecule is Cc1cc(C)c(N2[CH-]N(c3[c-]c(C(C)(C)c4[c-]c5c(cc4)c4ccccc4n5-c4ccccn4)cc(C(C)(C)C)c3)c3ccccc32)c(C)c1.[Pt]. The molecule has 3 heterocycles. The van der Waals surface area contributed by atoms with Crippen LogP contribution in [-0.2, 0) is 31.9 Å². The monoisotopic (exact) mass is 846 g/mol. The number of nitrogens with zero attached hydrogens (tertiary/aromatic N) is 4. The van der Waals surface area contributed by atoms with Crippen LogP contribution >= 0.6 is 0 Å². The molecule has 260 valence electrons. The summed E-state index contributed by atoms with van der Waals surface area (Å²) in [5.41, 5.74) is 13.6. The van der Waals surface area contributed by atoms with Gasteiger partial charge < -0.3 is 14.4 Å². The Morgan fingerprint density at radius 1 is 0.647 bits per heavy atom. The van der Waals surface area contributed by atoms with Gasteiger partial charge in [0.15, 0.2) is 0 Å². The molecule has 0 saturated heterocycles. The zero-order chi connectivity index (χ0) is 34.9. The van der Waals surface area contributed by atoms with Crippen molar-refractivity contribution in [2.24, 2.45) is 0 Å². The molecule has 5 aromatic carbocycles. The number of pyridine rings is 1. The van der Waals surface area contributed by atoms with E-state index in [0.29, 0.717) is 0 Å². The maximum atomic E-state index is 4.75. The van der Waals surface area contributed by atoms with Crippen molar-refractivity contribution in [3.8, 4) is 5.82 Å². The standard InChI is InChI=1S/C46H43N4.Pt/c1-30-23-31(2)44(32(3)24-30)49-29-48(40-17-11-12-18-41(40)49)36-26-34(45(4,5)6)25-35(27-36)46(7,8)33-20-21-38-37-15-9-10-16-39(37)50(42(38)28-33)43-19-13-14-22-47-43;/h9-26,29H,1-8H3;/q-3;. The van der Waals surface area contributed by atoms with E-state index < -0.39 is 5.41 Å². The fourth-order valence-corrected chi connectivity index (χ4v) is 7.61. The Morgan fingerprint density at radius 2 is 1.31 bits per heavy atom. The third-order valence-corrected chi connectivity index (χ3v) is 10.3. The van der Waals surface area contributed by atoms with Crippen LogP contribution in [0.2, 0.25) is 0 Å². The van der Waals surface area contributed by atoms with Crippen LogP contribution in [-0.4, -0.2) is 9.55 Å². The van der Waals surface area contributed by atoms with Gasteiger partial charge in [-0.1, -0.05) is 94.2 Å². The van der Waals surface area contributed by atoms with Crippen molar-refractivity contribution >= 4 is 44.6 Å². The molecule has 1 aliphatic rings. The molecule has 0 unspecified atom stereocenters. The van der Waals surface area contributed by atoms with Crippen molar-refractivity contribution in [1.29, 1.82) is 0 Å². The van der Waals surface area contributed by atoms with Crippen LogP contribution < -0.4 is 9.80 Å². The van der Waals surface area contributed by atoms with Crippen LogP contribution in [0.4, 0.5) is 22.7 Å². The van der Waals surface area contributed by atoms with Gasteiger partial charge in [0, 0.05) is 49.8 Å². The van der Waals surface area contributed by atoms with Gasteiger partial charge in [-0.3, -0.25) is 0 Å². The zero-order valence-corrected chi connectivity index (χ0v) is 32.8. The zero-order valence-electron chi connectivity index (χ0n) is 30.6. The molecule has 0 radical (unpaired) electrons. The number of hydrogen-bond donors (Lipinski definition) is 0. The summed E-state index contributed by atoms with van der Waals surface area (Å²) >= 11 is 0. The van der Waals surface area contributed by atoms with Gasteiger partial charge in [0.1, 0.15) is 5.82 Å². The van der Waals surface area contributed by atoms with Crippen LogP contribution in [0.5, 0.6) is 0 Å². The number of aromatic nitrogens is 2. The number of anilines is 4. The molecule has 1 aliphatic heterocycles. The van der Waals surface area contributed by atoms with E-state index in [4.69, 9.17) is 4.98 Å². The molecular weight excluding hydrogens is 804 g/mol. The van der Waals surface area contributed by atoms with Gasteiger partial charge in [0.2, 0.25) is 0 Å². The van der Waals surface area contributed by atoms with Gasteiger partial charge in [-0.2, -0.15) is 47.0 Å². The molecule has 7 aromatic rings. The Labute approximate surface area is 317 Å². The maximum Gasteiger partial charge on any atom is 0.135 e. The van der Waals surface area contributed by atoms with Crippen LogP contribution in [0.25, 0.3) is 27.6 Å². The van der Waals surface area contributed by atoms with E-state index in [1.54, 1.807) is 0 Å². The average Bonchev–Trinajstić information content (AvgIpc) is 3.64. The summed E-state index contributed by atoms with van der Waals surface area (Å²) in [6.45, 7) is 20.3. The van der Waals surface area contributed by atoms with Gasteiger partial charge in [0.25, 0.3) is 0 Å². The summed E-state index contributed by atoms with van der Waals surface area (Å²) < 4.78 is 2.24. The van der Waals surface area contributed by atoms with Crippen molar-refractivity contribution in [2.75, 3.05) is 9.80 Å². The number of fused-ring (bicyclic) bond motifs is 4. The molecule has 0 N–H and O–H groups in total. The summed E-state index contributed by atoms with van der Waals surface area (Å²) in [5.74, 6) is 0.889. The summed E-state index contributed by atoms with van der Waals surface area (Å²) in [4.78, 5) is 9.41. The molecule has 0 bridgehead atoms. The smallest absolute Gasteiger partial charge is 0.135 e. The second kappa shape index (κ2) is 12.8. The van der Waals surface area contributed by atoms with Crippen molar-refractivity contribution in [2.45, 2.75) is 66.2 Å². The van der Waals surface area contributed by atoms with E-state index in [-0.39, 0.29) is 26.5 Å². The summed E-state index contributed by atoms with van der Waals surface area (Å²) in [6, 6.07) is 44.9. The fraction of sp³-hybridized carbons (Fsp3) is 0.217. The molecule has 0 saturated carbocycles. The summed E-state index contributed by atoms with van der Waals surface area (Å²) in [7, 11) is 0. The number of benzene rings is 5. The molecule has 5 heteroatoms. The molecule has 4 nitrogen and oxygen atoms in total. The predicted octanol–water partition coefficient (Wildman–Crippen LogP) is 11.7. The minimum atomic E-state index is -0.404. The van der Waals surface area contributed by atoms with E-state index in [1.165, 1.54) is 44.4 Å². The van der Waals surface area contributed by atoms with Gasteiger partial charge in [-0.05, 0) is 78.4 Å². The van der Waals surface area contributed by atoms with Gasteiger partial charge >= 0.3 is 0 Å². The molecule has 0 atom stereocenters. The maximum absolute atomic E-state index is 4.75. The molecule has 0 spiro atoms. The first-order valence-electron chi connectivity index (χ1n) is 17.5. The third-order valence-electron chi connectivity index (χ3n) is 10.3. The molecule has 0 amide bonds. The first-order valence-corrected chi connectivity index (χ1v) is 17.5. The molecule has 2 aromatic heterocycles. The van der Waals surface area contributed by atoms with E-state index in [1.807, 2.05) is 18.3 Å². The topological polar surface area (TPSA) is 24.3 Å². The molecule has 0 aliphatic carbocycles. The van der Waals surface area contributed by atoms with Crippen LogP contribution in [0.15, 0.2) is 109 Å². The fourth-order valence-electron chi connectivity index (χ4n) is 7.61. The van der Waals surface area contributed by atoms with Gasteiger partial charge in [0.05, 0.1) is 0 Å². The largest absolute Gasteiger partial charge is 0.493 e. The number of aryl methyl sites for hydroxylation is 3. The first kappa shape index (κ1) is 34.8. The quantitative estimate of drug-likeness (QED) is 0.161. The molecule has 51 heavy (non-hydrogen) atoms. The Bertz CT molecular complexity index is 2390. The minimum absolute atomic E-state index is 0. The normalized spacial score (nSPS) is 13.2. The number of hydrogen-bond acceptors (Lipinski definition) is 3. The Balaban J connectivity index is 0.00000406. The third kappa shape index (κ3) is 5.88. The van der Waals surface area contributed by atoms with E-state index in [9.17, 15) is 0 Å². The summed E-state index contributed by atoms with van der Waals surface area (Å²) in [5, 5.41) is 2.37. The van der Waals surface area contributed by atoms with Crippen LogP contribution in [0, 0.1) is 39.6 Å². The molecule has 8 rings (SSSR count). The minimum Gasteiger partial charge on any atom is -0.493 e. The first-order chi connectivity index (χ1) is 23.9. The van der Waals surface area contributed by atoms with Crippen molar-refractivity contribution in [1.82, 2.24) is 9.55 Å². The predicted molar refractivity (Wildman–Crippen MR) is 209 cm³/mol. The van der Waals surface area contributed by atoms with E-state index in [2.05, 4.69) is 180 Å². The Hall–Kier alpha value is -4.66. The Morgan fingerprint density at radius 3 is 2.00 bits per heavy atom. The second-order valence-corrected chi connectivity index (χ2v) is 15.3. The molecular formula is C46H43N4Pt-3. The van der Waals surface area contributed by atoms with E-state index in [0.717, 1.165) is 39.4 Å². The van der Waals surface area contributed by atoms with Crippen LogP contribution in [0.1, 0.15) is 68.0 Å². The number of para-hydroxylation sites is 3. The van der Waals surface area contributed by atoms with Crippen molar-refractivity contribution < 1.29 is 21.1 Å². The van der Waals surface area contributed by atoms with Gasteiger partial charge in [-0.25, -0.2) is 4.98 Å². The summed E-state index contributed by atoms with van der Waals surface area (Å²) in [6.07, 6.45) is 1.86. The van der Waals surface area contributed by atoms with Gasteiger partial charge in [-0.15, -0.1) is 23.8 Å². The average molecular weight is 847 g/mol. The Kier molecular flexibility index (Phi) is 8.75. The second-order valence-electron chi connectivity index (χ2n) is 15.3. The van der Waals surface area contributed by atoms with Crippen LogP contribution in [0.3, 0.4) is 0 Å². The van der Waals surface area contributed by atoms with E-state index >= 15 is 0 Å².